The molecule has 152 valence electrons. The standard InChI is InChI=1S/C25H26N4O/c1-27-15-7-12-23(27)25(30)28-16-13-20(14-17-28)29-22-11-6-5-10-21(22)26-24(29)18-19-8-3-2-4-9-19/h2-12,15,20H,13-14,16-18H2,1H3. The highest BCUT2D eigenvalue weighted by atomic mass is 16.2. The summed E-state index contributed by atoms with van der Waals surface area (Å²) in [6.45, 7) is 1.54. The number of amides is 1. The van der Waals surface area contributed by atoms with Gasteiger partial charge in [-0.25, -0.2) is 4.98 Å². The molecule has 0 bridgehead atoms. The third-order valence-corrected chi connectivity index (χ3v) is 6.15. The molecular weight excluding hydrogens is 372 g/mol. The lowest BCUT2D eigenvalue weighted by molar-refractivity contribution is 0.0685. The molecule has 1 fully saturated rings. The van der Waals surface area contributed by atoms with E-state index in [1.165, 1.54) is 11.1 Å². The van der Waals surface area contributed by atoms with Crippen molar-refractivity contribution >= 4 is 16.9 Å². The molecule has 0 aliphatic carbocycles. The Hall–Kier alpha value is -3.34. The Labute approximate surface area is 176 Å². The zero-order valence-corrected chi connectivity index (χ0v) is 17.2. The summed E-state index contributed by atoms with van der Waals surface area (Å²) in [5.41, 5.74) is 4.26. The number of aryl methyl sites for hydroxylation is 1. The number of likely N-dealkylation sites (tertiary alicyclic amines) is 1. The van der Waals surface area contributed by atoms with Crippen molar-refractivity contribution in [3.05, 3.63) is 90.0 Å². The summed E-state index contributed by atoms with van der Waals surface area (Å²) in [6.07, 6.45) is 4.63. The number of imidazole rings is 1. The van der Waals surface area contributed by atoms with Crippen molar-refractivity contribution in [3.8, 4) is 0 Å². The molecule has 30 heavy (non-hydrogen) atoms. The summed E-state index contributed by atoms with van der Waals surface area (Å²) in [5.74, 6) is 1.23. The van der Waals surface area contributed by atoms with Crippen molar-refractivity contribution < 1.29 is 4.79 Å². The van der Waals surface area contributed by atoms with Crippen LogP contribution in [0.3, 0.4) is 0 Å². The third-order valence-electron chi connectivity index (χ3n) is 6.15. The van der Waals surface area contributed by atoms with E-state index in [-0.39, 0.29) is 5.91 Å². The van der Waals surface area contributed by atoms with Crippen LogP contribution in [-0.4, -0.2) is 38.0 Å². The smallest absolute Gasteiger partial charge is 0.270 e. The Bertz CT molecular complexity index is 1170. The van der Waals surface area contributed by atoms with Gasteiger partial charge >= 0.3 is 0 Å². The summed E-state index contributed by atoms with van der Waals surface area (Å²) in [6, 6.07) is 23.1. The van der Waals surface area contributed by atoms with Gasteiger partial charge in [-0.05, 0) is 42.7 Å². The zero-order valence-electron chi connectivity index (χ0n) is 17.2. The van der Waals surface area contributed by atoms with Crippen LogP contribution in [0.15, 0.2) is 72.9 Å². The van der Waals surface area contributed by atoms with Crippen LogP contribution in [0.1, 0.15) is 40.8 Å². The first-order valence-corrected chi connectivity index (χ1v) is 10.6. The second-order valence-electron chi connectivity index (χ2n) is 8.08. The molecule has 5 nitrogen and oxygen atoms in total. The lowest BCUT2D eigenvalue weighted by Gasteiger charge is -2.33. The molecule has 2 aromatic carbocycles. The van der Waals surface area contributed by atoms with E-state index in [2.05, 4.69) is 47.0 Å². The SMILES string of the molecule is Cn1cccc1C(=O)N1CCC(n2c(Cc3ccccc3)nc3ccccc32)CC1. The quantitative estimate of drug-likeness (QED) is 0.510. The van der Waals surface area contributed by atoms with Gasteiger partial charge in [-0.3, -0.25) is 4.79 Å². The minimum absolute atomic E-state index is 0.126. The minimum atomic E-state index is 0.126. The molecule has 5 rings (SSSR count). The number of benzene rings is 2. The van der Waals surface area contributed by atoms with Crippen molar-refractivity contribution in [1.29, 1.82) is 0 Å². The molecule has 0 spiro atoms. The minimum Gasteiger partial charge on any atom is -0.347 e. The van der Waals surface area contributed by atoms with Gasteiger partial charge in [-0.1, -0.05) is 42.5 Å². The van der Waals surface area contributed by atoms with Crippen LogP contribution in [0.2, 0.25) is 0 Å². The Balaban J connectivity index is 1.40. The number of hydrogen-bond donors (Lipinski definition) is 0. The Morgan fingerprint density at radius 1 is 0.967 bits per heavy atom. The third kappa shape index (κ3) is 3.41. The molecule has 2 aromatic heterocycles. The molecule has 0 N–H and O–H groups in total. The van der Waals surface area contributed by atoms with E-state index in [1.54, 1.807) is 0 Å². The Kier molecular flexibility index (Phi) is 4.87. The van der Waals surface area contributed by atoms with Gasteiger partial charge in [-0.15, -0.1) is 0 Å². The summed E-state index contributed by atoms with van der Waals surface area (Å²) in [7, 11) is 1.92. The molecule has 0 unspecified atom stereocenters. The highest BCUT2D eigenvalue weighted by Gasteiger charge is 2.28. The molecule has 0 radical (unpaired) electrons. The number of para-hydroxylation sites is 2. The molecule has 1 saturated heterocycles. The summed E-state index contributed by atoms with van der Waals surface area (Å²) < 4.78 is 4.32. The molecular formula is C25H26N4O. The topological polar surface area (TPSA) is 43.1 Å². The number of piperidine rings is 1. The number of rotatable bonds is 4. The number of carbonyl (C=O) groups excluding carboxylic acids is 1. The molecule has 0 saturated carbocycles. The Morgan fingerprint density at radius 2 is 1.70 bits per heavy atom. The molecule has 3 heterocycles. The second-order valence-corrected chi connectivity index (χ2v) is 8.08. The summed E-state index contributed by atoms with van der Waals surface area (Å²) in [5, 5.41) is 0. The number of aromatic nitrogens is 3. The largest absolute Gasteiger partial charge is 0.347 e. The highest BCUT2D eigenvalue weighted by molar-refractivity contribution is 5.92. The second kappa shape index (κ2) is 7.82. The van der Waals surface area contributed by atoms with Crippen LogP contribution < -0.4 is 0 Å². The van der Waals surface area contributed by atoms with Crippen LogP contribution in [0.5, 0.6) is 0 Å². The lowest BCUT2D eigenvalue weighted by Crippen LogP contribution is -2.40. The molecule has 1 amide bonds. The number of hydrogen-bond acceptors (Lipinski definition) is 2. The predicted octanol–water partition coefficient (Wildman–Crippen LogP) is 4.44. The lowest BCUT2D eigenvalue weighted by atomic mass is 10.0. The average Bonchev–Trinajstić information content (AvgIpc) is 3.37. The van der Waals surface area contributed by atoms with Crippen molar-refractivity contribution in [2.24, 2.45) is 7.05 Å². The first-order valence-electron chi connectivity index (χ1n) is 10.6. The van der Waals surface area contributed by atoms with Gasteiger partial charge in [0.15, 0.2) is 0 Å². The number of fused-ring (bicyclic) bond motifs is 1. The molecule has 4 aromatic rings. The van der Waals surface area contributed by atoms with E-state index in [9.17, 15) is 4.79 Å². The maximum atomic E-state index is 12.9. The van der Waals surface area contributed by atoms with Crippen molar-refractivity contribution in [2.75, 3.05) is 13.1 Å². The highest BCUT2D eigenvalue weighted by Crippen LogP contribution is 2.30. The van der Waals surface area contributed by atoms with Crippen molar-refractivity contribution in [1.82, 2.24) is 19.0 Å². The Morgan fingerprint density at radius 3 is 2.43 bits per heavy atom. The van der Waals surface area contributed by atoms with Crippen LogP contribution in [0, 0.1) is 0 Å². The van der Waals surface area contributed by atoms with Crippen LogP contribution in [-0.2, 0) is 13.5 Å². The maximum Gasteiger partial charge on any atom is 0.270 e. The molecule has 1 aliphatic heterocycles. The van der Waals surface area contributed by atoms with Gasteiger partial charge in [0, 0.05) is 38.8 Å². The summed E-state index contributed by atoms with van der Waals surface area (Å²) >= 11 is 0. The first-order chi connectivity index (χ1) is 14.7. The van der Waals surface area contributed by atoms with E-state index in [0.29, 0.717) is 6.04 Å². The van der Waals surface area contributed by atoms with Gasteiger partial charge in [0.2, 0.25) is 0 Å². The fourth-order valence-corrected chi connectivity index (χ4v) is 4.58. The molecule has 5 heteroatoms. The number of carbonyl (C=O) groups is 1. The van der Waals surface area contributed by atoms with Gasteiger partial charge in [0.1, 0.15) is 11.5 Å². The fourth-order valence-electron chi connectivity index (χ4n) is 4.58. The fraction of sp³-hybridized carbons (Fsp3) is 0.280. The van der Waals surface area contributed by atoms with Crippen LogP contribution >= 0.6 is 0 Å². The van der Waals surface area contributed by atoms with Crippen molar-refractivity contribution in [2.45, 2.75) is 25.3 Å². The van der Waals surface area contributed by atoms with Gasteiger partial charge in [0.05, 0.1) is 11.0 Å². The molecule has 0 atom stereocenters. The van der Waals surface area contributed by atoms with E-state index in [0.717, 1.165) is 49.4 Å². The van der Waals surface area contributed by atoms with E-state index < -0.39 is 0 Å². The predicted molar refractivity (Wildman–Crippen MR) is 119 cm³/mol. The van der Waals surface area contributed by atoms with E-state index in [4.69, 9.17) is 4.98 Å². The first kappa shape index (κ1) is 18.7. The summed E-state index contributed by atoms with van der Waals surface area (Å²) in [4.78, 5) is 19.8. The van der Waals surface area contributed by atoms with Crippen LogP contribution in [0.4, 0.5) is 0 Å². The van der Waals surface area contributed by atoms with Gasteiger partial charge in [0.25, 0.3) is 5.91 Å². The van der Waals surface area contributed by atoms with Gasteiger partial charge < -0.3 is 14.0 Å². The van der Waals surface area contributed by atoms with Crippen LogP contribution in [0.25, 0.3) is 11.0 Å². The van der Waals surface area contributed by atoms with E-state index in [1.807, 2.05) is 47.0 Å². The monoisotopic (exact) mass is 398 g/mol. The number of nitrogens with zero attached hydrogens (tertiary/aromatic N) is 4. The zero-order chi connectivity index (χ0) is 20.5. The van der Waals surface area contributed by atoms with E-state index >= 15 is 0 Å². The normalized spacial score (nSPS) is 15.0. The molecule has 1 aliphatic rings. The average molecular weight is 399 g/mol. The van der Waals surface area contributed by atoms with Gasteiger partial charge in [-0.2, -0.15) is 0 Å². The maximum absolute atomic E-state index is 12.9. The van der Waals surface area contributed by atoms with Crippen molar-refractivity contribution in [3.63, 3.8) is 0 Å².